The monoisotopic (exact) mass is 151 g/mol. The molecular weight excluding hydrogens is 134 g/mol. The number of hydrogen-bond donors (Lipinski definition) is 0. The second-order valence-electron chi connectivity index (χ2n) is 4.26. The molecule has 62 valence electrons. The van der Waals surface area contributed by atoms with Crippen molar-refractivity contribution in [3.05, 3.63) is 24.0 Å². The summed E-state index contributed by atoms with van der Waals surface area (Å²) in [4.78, 5) is 2.11. The van der Waals surface area contributed by atoms with Crippen molar-refractivity contribution in [2.75, 3.05) is 7.05 Å². The standard InChI is InChI=1S/C10H17N/c1-8-6-9(7-11(8)5)10(2,3)4/h7H,1,6H2,2-5H3. The van der Waals surface area contributed by atoms with Gasteiger partial charge in [-0.1, -0.05) is 27.4 Å². The molecule has 1 aliphatic rings. The highest BCUT2D eigenvalue weighted by molar-refractivity contribution is 5.25. The third-order valence-corrected chi connectivity index (χ3v) is 2.21. The van der Waals surface area contributed by atoms with Crippen LogP contribution in [-0.2, 0) is 0 Å². The second kappa shape index (κ2) is 2.40. The molecule has 0 unspecified atom stereocenters. The van der Waals surface area contributed by atoms with E-state index in [0.29, 0.717) is 5.41 Å². The Bertz CT molecular complexity index is 205. The lowest BCUT2D eigenvalue weighted by molar-refractivity contribution is 0.496. The van der Waals surface area contributed by atoms with Gasteiger partial charge in [-0.3, -0.25) is 0 Å². The van der Waals surface area contributed by atoms with E-state index in [1.165, 1.54) is 11.3 Å². The topological polar surface area (TPSA) is 3.24 Å². The Morgan fingerprint density at radius 1 is 1.45 bits per heavy atom. The molecule has 0 amide bonds. The van der Waals surface area contributed by atoms with Gasteiger partial charge in [-0.25, -0.2) is 0 Å². The SMILES string of the molecule is C=C1CC(C(C)(C)C)=CN1C. The van der Waals surface area contributed by atoms with Crippen LogP contribution in [0.2, 0.25) is 0 Å². The first-order chi connectivity index (χ1) is 4.91. The summed E-state index contributed by atoms with van der Waals surface area (Å²) in [5, 5.41) is 0. The van der Waals surface area contributed by atoms with E-state index in [4.69, 9.17) is 0 Å². The van der Waals surface area contributed by atoms with Gasteiger partial charge in [-0.15, -0.1) is 0 Å². The van der Waals surface area contributed by atoms with Crippen LogP contribution >= 0.6 is 0 Å². The van der Waals surface area contributed by atoms with E-state index in [2.05, 4.69) is 45.5 Å². The fourth-order valence-electron chi connectivity index (χ4n) is 1.17. The molecule has 0 aromatic rings. The van der Waals surface area contributed by atoms with Gasteiger partial charge in [-0.05, 0) is 11.0 Å². The summed E-state index contributed by atoms with van der Waals surface area (Å²) in [6, 6.07) is 0. The summed E-state index contributed by atoms with van der Waals surface area (Å²) in [5.41, 5.74) is 2.98. The van der Waals surface area contributed by atoms with Gasteiger partial charge < -0.3 is 4.90 Å². The van der Waals surface area contributed by atoms with Crippen molar-refractivity contribution in [2.24, 2.45) is 5.41 Å². The first kappa shape index (κ1) is 8.38. The Balaban J connectivity index is 2.79. The van der Waals surface area contributed by atoms with E-state index < -0.39 is 0 Å². The zero-order valence-corrected chi connectivity index (χ0v) is 7.94. The van der Waals surface area contributed by atoms with Crippen LogP contribution in [0.3, 0.4) is 0 Å². The van der Waals surface area contributed by atoms with E-state index in [9.17, 15) is 0 Å². The minimum atomic E-state index is 0.299. The largest absolute Gasteiger partial charge is 0.355 e. The van der Waals surface area contributed by atoms with Gasteiger partial charge in [0.15, 0.2) is 0 Å². The van der Waals surface area contributed by atoms with Gasteiger partial charge in [0.05, 0.1) is 0 Å². The van der Waals surface area contributed by atoms with E-state index in [-0.39, 0.29) is 0 Å². The Labute approximate surface area is 69.4 Å². The normalized spacial score (nSPS) is 19.1. The number of rotatable bonds is 0. The number of allylic oxidation sites excluding steroid dienone is 1. The number of nitrogens with zero attached hydrogens (tertiary/aromatic N) is 1. The van der Waals surface area contributed by atoms with Gasteiger partial charge in [0.1, 0.15) is 0 Å². The summed E-state index contributed by atoms with van der Waals surface area (Å²) < 4.78 is 0. The molecular formula is C10H17N. The third kappa shape index (κ3) is 1.65. The second-order valence-corrected chi connectivity index (χ2v) is 4.26. The molecule has 0 saturated carbocycles. The quantitative estimate of drug-likeness (QED) is 0.514. The van der Waals surface area contributed by atoms with Crippen molar-refractivity contribution in [3.63, 3.8) is 0 Å². The van der Waals surface area contributed by atoms with Crippen LogP contribution < -0.4 is 0 Å². The average molecular weight is 151 g/mol. The zero-order valence-electron chi connectivity index (χ0n) is 7.94. The molecule has 0 N–H and O–H groups in total. The fourth-order valence-corrected chi connectivity index (χ4v) is 1.17. The van der Waals surface area contributed by atoms with Crippen molar-refractivity contribution in [1.29, 1.82) is 0 Å². The Hall–Kier alpha value is -0.720. The minimum Gasteiger partial charge on any atom is -0.355 e. The predicted octanol–water partition coefficient (Wildman–Crippen LogP) is 2.77. The molecule has 1 aliphatic heterocycles. The van der Waals surface area contributed by atoms with Crippen molar-refractivity contribution < 1.29 is 0 Å². The maximum Gasteiger partial charge on any atom is 0.0140 e. The first-order valence-corrected chi connectivity index (χ1v) is 4.03. The van der Waals surface area contributed by atoms with Crippen LogP contribution in [-0.4, -0.2) is 11.9 Å². The molecule has 1 nitrogen and oxygen atoms in total. The molecule has 1 rings (SSSR count). The van der Waals surface area contributed by atoms with Gasteiger partial charge in [0, 0.05) is 25.4 Å². The van der Waals surface area contributed by atoms with Crippen LogP contribution in [0.1, 0.15) is 27.2 Å². The molecule has 0 aliphatic carbocycles. The van der Waals surface area contributed by atoms with Crippen LogP contribution in [0.25, 0.3) is 0 Å². The molecule has 0 radical (unpaired) electrons. The van der Waals surface area contributed by atoms with Crippen molar-refractivity contribution in [2.45, 2.75) is 27.2 Å². The lowest BCUT2D eigenvalue weighted by Crippen LogP contribution is -2.07. The Morgan fingerprint density at radius 3 is 2.18 bits per heavy atom. The molecule has 0 aromatic heterocycles. The maximum absolute atomic E-state index is 3.97. The van der Waals surface area contributed by atoms with E-state index in [1.54, 1.807) is 0 Å². The Kier molecular flexibility index (Phi) is 1.83. The molecule has 0 spiro atoms. The molecule has 1 heteroatoms. The van der Waals surface area contributed by atoms with E-state index >= 15 is 0 Å². The molecule has 0 saturated heterocycles. The maximum atomic E-state index is 3.97. The highest BCUT2D eigenvalue weighted by Crippen LogP contribution is 2.35. The molecule has 0 aromatic carbocycles. The van der Waals surface area contributed by atoms with Crippen molar-refractivity contribution in [3.8, 4) is 0 Å². The number of hydrogen-bond acceptors (Lipinski definition) is 1. The van der Waals surface area contributed by atoms with E-state index in [1.807, 2.05) is 0 Å². The molecule has 0 bridgehead atoms. The average Bonchev–Trinajstić information content (AvgIpc) is 2.11. The Morgan fingerprint density at radius 2 is 2.00 bits per heavy atom. The lowest BCUT2D eigenvalue weighted by Gasteiger charge is -2.18. The summed E-state index contributed by atoms with van der Waals surface area (Å²) in [5.74, 6) is 0. The highest BCUT2D eigenvalue weighted by atomic mass is 15.1. The van der Waals surface area contributed by atoms with Crippen LogP contribution in [0.5, 0.6) is 0 Å². The summed E-state index contributed by atoms with van der Waals surface area (Å²) in [6.45, 7) is 10.7. The predicted molar refractivity (Wildman–Crippen MR) is 49.1 cm³/mol. The van der Waals surface area contributed by atoms with Gasteiger partial charge in [-0.2, -0.15) is 0 Å². The summed E-state index contributed by atoms with van der Waals surface area (Å²) in [7, 11) is 2.06. The fraction of sp³-hybridized carbons (Fsp3) is 0.600. The third-order valence-electron chi connectivity index (χ3n) is 2.21. The molecule has 0 atom stereocenters. The van der Waals surface area contributed by atoms with E-state index in [0.717, 1.165) is 6.42 Å². The smallest absolute Gasteiger partial charge is 0.0140 e. The summed E-state index contributed by atoms with van der Waals surface area (Å²) >= 11 is 0. The van der Waals surface area contributed by atoms with Gasteiger partial charge in [0.25, 0.3) is 0 Å². The van der Waals surface area contributed by atoms with Gasteiger partial charge >= 0.3 is 0 Å². The molecule has 11 heavy (non-hydrogen) atoms. The van der Waals surface area contributed by atoms with Crippen LogP contribution in [0, 0.1) is 5.41 Å². The lowest BCUT2D eigenvalue weighted by atomic mass is 9.86. The first-order valence-electron chi connectivity index (χ1n) is 4.03. The summed E-state index contributed by atoms with van der Waals surface area (Å²) in [6.07, 6.45) is 3.24. The van der Waals surface area contributed by atoms with Gasteiger partial charge in [0.2, 0.25) is 0 Å². The van der Waals surface area contributed by atoms with Crippen LogP contribution in [0.15, 0.2) is 24.0 Å². The minimum absolute atomic E-state index is 0.299. The highest BCUT2D eigenvalue weighted by Gasteiger charge is 2.23. The molecule has 1 heterocycles. The zero-order chi connectivity index (χ0) is 8.65. The van der Waals surface area contributed by atoms with Crippen molar-refractivity contribution >= 4 is 0 Å². The van der Waals surface area contributed by atoms with Crippen molar-refractivity contribution in [1.82, 2.24) is 4.90 Å². The van der Waals surface area contributed by atoms with Crippen LogP contribution in [0.4, 0.5) is 0 Å². The molecule has 0 fully saturated rings.